The van der Waals surface area contributed by atoms with Crippen molar-refractivity contribution in [3.8, 4) is 0 Å². The summed E-state index contributed by atoms with van der Waals surface area (Å²) in [6.45, 7) is 5.83. The first-order chi connectivity index (χ1) is 9.95. The summed E-state index contributed by atoms with van der Waals surface area (Å²) in [5, 5.41) is 14.4. The van der Waals surface area contributed by atoms with Gasteiger partial charge in [0.2, 0.25) is 0 Å². The van der Waals surface area contributed by atoms with Gasteiger partial charge in [0.15, 0.2) is 0 Å². The van der Waals surface area contributed by atoms with Gasteiger partial charge in [-0.05, 0) is 37.1 Å². The van der Waals surface area contributed by atoms with Gasteiger partial charge < -0.3 is 10.0 Å². The molecule has 0 aliphatic carbocycles. The first-order valence-electron chi connectivity index (χ1n) is 6.77. The molecule has 1 N–H and O–H groups in total. The van der Waals surface area contributed by atoms with Crippen molar-refractivity contribution in [2.24, 2.45) is 0 Å². The van der Waals surface area contributed by atoms with Gasteiger partial charge in [-0.1, -0.05) is 17.7 Å². The molecule has 5 nitrogen and oxygen atoms in total. The molecule has 0 radical (unpaired) electrons. The standard InChI is InChI=1S/C15H16ClN3O2/c1-9-5-11(7-12(16)6-9)8-18-3-4-19-14(18)13(15(20)21)10(2)17-19/h5-7H,3-4,8H2,1-2H3,(H,20,21). The van der Waals surface area contributed by atoms with E-state index in [4.69, 9.17) is 11.6 Å². The van der Waals surface area contributed by atoms with E-state index in [1.165, 1.54) is 0 Å². The minimum Gasteiger partial charge on any atom is -0.477 e. The summed E-state index contributed by atoms with van der Waals surface area (Å²) in [5.74, 6) is -0.236. The molecule has 1 aliphatic rings. The maximum Gasteiger partial charge on any atom is 0.341 e. The smallest absolute Gasteiger partial charge is 0.341 e. The SMILES string of the molecule is Cc1cc(Cl)cc(CN2CCn3nc(C)c(C(=O)O)c32)c1. The first kappa shape index (κ1) is 13.9. The summed E-state index contributed by atoms with van der Waals surface area (Å²) in [4.78, 5) is 13.5. The highest BCUT2D eigenvalue weighted by atomic mass is 35.5. The second-order valence-electron chi connectivity index (χ2n) is 5.37. The average Bonchev–Trinajstić information content (AvgIpc) is 2.87. The molecule has 2 aromatic rings. The van der Waals surface area contributed by atoms with Crippen LogP contribution < -0.4 is 4.90 Å². The van der Waals surface area contributed by atoms with E-state index in [1.54, 1.807) is 11.6 Å². The molecule has 110 valence electrons. The van der Waals surface area contributed by atoms with E-state index in [0.717, 1.165) is 17.7 Å². The van der Waals surface area contributed by atoms with Gasteiger partial charge in [0.25, 0.3) is 0 Å². The van der Waals surface area contributed by atoms with E-state index in [0.29, 0.717) is 35.2 Å². The van der Waals surface area contributed by atoms with Gasteiger partial charge in [0.05, 0.1) is 12.2 Å². The fraction of sp³-hybridized carbons (Fsp3) is 0.333. The molecule has 2 heterocycles. The van der Waals surface area contributed by atoms with Crippen molar-refractivity contribution in [1.29, 1.82) is 0 Å². The number of rotatable bonds is 3. The number of carboxylic acids is 1. The van der Waals surface area contributed by atoms with E-state index in [-0.39, 0.29) is 0 Å². The van der Waals surface area contributed by atoms with E-state index >= 15 is 0 Å². The Morgan fingerprint density at radius 2 is 2.10 bits per heavy atom. The van der Waals surface area contributed by atoms with Crippen LogP contribution in [0.4, 0.5) is 5.82 Å². The van der Waals surface area contributed by atoms with Crippen LogP contribution in [0, 0.1) is 13.8 Å². The van der Waals surface area contributed by atoms with Crippen LogP contribution in [0.3, 0.4) is 0 Å². The maximum absolute atomic E-state index is 11.4. The molecule has 21 heavy (non-hydrogen) atoms. The second kappa shape index (κ2) is 5.07. The van der Waals surface area contributed by atoms with Crippen molar-refractivity contribution in [1.82, 2.24) is 9.78 Å². The summed E-state index contributed by atoms with van der Waals surface area (Å²) < 4.78 is 1.77. The Kier molecular flexibility index (Phi) is 3.37. The van der Waals surface area contributed by atoms with Crippen LogP contribution in [0.25, 0.3) is 0 Å². The largest absolute Gasteiger partial charge is 0.477 e. The molecule has 0 bridgehead atoms. The van der Waals surface area contributed by atoms with Gasteiger partial charge in [0.1, 0.15) is 11.4 Å². The third-order valence-corrected chi connectivity index (χ3v) is 3.89. The zero-order valence-corrected chi connectivity index (χ0v) is 12.7. The van der Waals surface area contributed by atoms with Crippen molar-refractivity contribution >= 4 is 23.4 Å². The van der Waals surface area contributed by atoms with Gasteiger partial charge in [0, 0.05) is 18.1 Å². The molecule has 3 rings (SSSR count). The minimum atomic E-state index is -0.928. The third-order valence-electron chi connectivity index (χ3n) is 3.67. The summed E-state index contributed by atoms with van der Waals surface area (Å²) in [6.07, 6.45) is 0. The number of nitrogens with zero attached hydrogens (tertiary/aromatic N) is 3. The molecule has 0 fully saturated rings. The highest BCUT2D eigenvalue weighted by molar-refractivity contribution is 6.30. The number of hydrogen-bond acceptors (Lipinski definition) is 3. The Hall–Kier alpha value is -2.01. The van der Waals surface area contributed by atoms with Gasteiger partial charge >= 0.3 is 5.97 Å². The lowest BCUT2D eigenvalue weighted by molar-refractivity contribution is 0.0697. The topological polar surface area (TPSA) is 58.4 Å². The normalized spacial score (nSPS) is 13.6. The van der Waals surface area contributed by atoms with Crippen LogP contribution in [0.15, 0.2) is 18.2 Å². The fourth-order valence-electron chi connectivity index (χ4n) is 2.90. The lowest BCUT2D eigenvalue weighted by Gasteiger charge is -2.18. The predicted molar refractivity (Wildman–Crippen MR) is 81.2 cm³/mol. The zero-order chi connectivity index (χ0) is 15.1. The number of aromatic nitrogens is 2. The molecule has 6 heteroatoms. The predicted octanol–water partition coefficient (Wildman–Crippen LogP) is 2.87. The molecule has 0 amide bonds. The first-order valence-corrected chi connectivity index (χ1v) is 7.15. The van der Waals surface area contributed by atoms with Gasteiger partial charge in [-0.15, -0.1) is 0 Å². The molecule has 0 atom stereocenters. The highest BCUT2D eigenvalue weighted by Crippen LogP contribution is 2.30. The molecule has 0 spiro atoms. The number of benzene rings is 1. The lowest BCUT2D eigenvalue weighted by atomic mass is 10.1. The lowest BCUT2D eigenvalue weighted by Crippen LogP contribution is -2.22. The molecule has 0 saturated carbocycles. The molecule has 1 aromatic carbocycles. The van der Waals surface area contributed by atoms with Crippen LogP contribution in [-0.4, -0.2) is 27.4 Å². The Morgan fingerprint density at radius 3 is 2.76 bits per heavy atom. The average molecular weight is 306 g/mol. The summed E-state index contributed by atoms with van der Waals surface area (Å²) in [6, 6.07) is 5.89. The number of fused-ring (bicyclic) bond motifs is 1. The van der Waals surface area contributed by atoms with Crippen LogP contribution in [-0.2, 0) is 13.1 Å². The Bertz CT molecular complexity index is 704. The van der Waals surface area contributed by atoms with Crippen molar-refractivity contribution in [2.75, 3.05) is 11.4 Å². The van der Waals surface area contributed by atoms with Crippen molar-refractivity contribution < 1.29 is 9.90 Å². The molecular formula is C15H16ClN3O2. The van der Waals surface area contributed by atoms with Crippen LogP contribution in [0.2, 0.25) is 5.02 Å². The van der Waals surface area contributed by atoms with Crippen molar-refractivity contribution in [3.63, 3.8) is 0 Å². The minimum absolute atomic E-state index is 0.297. The molecule has 1 aromatic heterocycles. The van der Waals surface area contributed by atoms with Crippen molar-refractivity contribution in [2.45, 2.75) is 26.9 Å². The zero-order valence-electron chi connectivity index (χ0n) is 11.9. The Morgan fingerprint density at radius 1 is 1.33 bits per heavy atom. The van der Waals surface area contributed by atoms with Crippen LogP contribution in [0.1, 0.15) is 27.2 Å². The number of carbonyl (C=O) groups is 1. The van der Waals surface area contributed by atoms with Crippen LogP contribution in [0.5, 0.6) is 0 Å². The Balaban J connectivity index is 1.95. The molecular weight excluding hydrogens is 290 g/mol. The number of aromatic carboxylic acids is 1. The van der Waals surface area contributed by atoms with E-state index in [2.05, 4.69) is 16.1 Å². The maximum atomic E-state index is 11.4. The molecule has 0 saturated heterocycles. The quantitative estimate of drug-likeness (QED) is 0.947. The van der Waals surface area contributed by atoms with Crippen LogP contribution >= 0.6 is 11.6 Å². The molecule has 1 aliphatic heterocycles. The van der Waals surface area contributed by atoms with Gasteiger partial charge in [-0.25, -0.2) is 9.48 Å². The van der Waals surface area contributed by atoms with Gasteiger partial charge in [-0.2, -0.15) is 5.10 Å². The Labute approximate surface area is 127 Å². The van der Waals surface area contributed by atoms with E-state index in [1.807, 2.05) is 19.1 Å². The summed E-state index contributed by atoms with van der Waals surface area (Å²) in [7, 11) is 0. The molecule has 0 unspecified atom stereocenters. The van der Waals surface area contributed by atoms with E-state index < -0.39 is 5.97 Å². The fourth-order valence-corrected chi connectivity index (χ4v) is 3.21. The highest BCUT2D eigenvalue weighted by Gasteiger charge is 2.29. The second-order valence-corrected chi connectivity index (χ2v) is 5.81. The number of halogens is 1. The van der Waals surface area contributed by atoms with Crippen molar-refractivity contribution in [3.05, 3.63) is 45.6 Å². The number of aryl methyl sites for hydroxylation is 2. The summed E-state index contributed by atoms with van der Waals surface area (Å²) >= 11 is 6.09. The van der Waals surface area contributed by atoms with E-state index in [9.17, 15) is 9.90 Å². The number of hydrogen-bond donors (Lipinski definition) is 1. The van der Waals surface area contributed by atoms with Gasteiger partial charge in [-0.3, -0.25) is 0 Å². The summed E-state index contributed by atoms with van der Waals surface area (Å²) in [5.41, 5.74) is 3.03. The number of anilines is 1. The monoisotopic (exact) mass is 305 g/mol. The number of carboxylic acid groups (broad SMARTS) is 1. The third kappa shape index (κ3) is 2.49.